The van der Waals surface area contributed by atoms with Gasteiger partial charge in [-0.05, 0) is 49.1 Å². The van der Waals surface area contributed by atoms with Gasteiger partial charge in [0.25, 0.3) is 0 Å². The van der Waals surface area contributed by atoms with Gasteiger partial charge in [-0.15, -0.1) is 0 Å². The number of amides is 2. The molecule has 1 saturated heterocycles. The summed E-state index contributed by atoms with van der Waals surface area (Å²) in [5.41, 5.74) is 9.90. The Hall–Kier alpha value is -4.62. The molecule has 0 bridgehead atoms. The summed E-state index contributed by atoms with van der Waals surface area (Å²) < 4.78 is 30.7. The van der Waals surface area contributed by atoms with Crippen LogP contribution < -0.4 is 15.8 Å². The Bertz CT molecular complexity index is 1780. The number of nitrogen functional groups attached to an aromatic ring is 1. The number of nitrogens with one attached hydrogen (secondary N) is 2. The number of rotatable bonds is 8. The van der Waals surface area contributed by atoms with Crippen molar-refractivity contribution >= 4 is 44.4 Å². The van der Waals surface area contributed by atoms with Crippen LogP contribution in [0.1, 0.15) is 36.9 Å². The van der Waals surface area contributed by atoms with Gasteiger partial charge in [-0.2, -0.15) is 5.10 Å². The normalized spacial score (nSPS) is 15.5. The predicted molar refractivity (Wildman–Crippen MR) is 160 cm³/mol. The summed E-state index contributed by atoms with van der Waals surface area (Å²) in [5, 5.41) is 8.07. The van der Waals surface area contributed by atoms with Crippen molar-refractivity contribution in [3.05, 3.63) is 72.6 Å². The lowest BCUT2D eigenvalue weighted by atomic mass is 10.1. The van der Waals surface area contributed by atoms with E-state index in [1.807, 2.05) is 16.8 Å². The zero-order chi connectivity index (χ0) is 30.0. The minimum absolute atomic E-state index is 0.00197. The SMILES string of the molecule is C=CC(=O)N1CCCC(n2nc(-c3ccc(CNS(=O)(=O)c4cc(C)ccc4NC(C)=O)cc3)c3c(N)ncnc32)C1. The molecule has 218 valence electrons. The zero-order valence-electron chi connectivity index (χ0n) is 23.4. The summed E-state index contributed by atoms with van der Waals surface area (Å²) in [7, 11) is -3.92. The number of hydrogen-bond donors (Lipinski definition) is 3. The van der Waals surface area contributed by atoms with Gasteiger partial charge in [0.05, 0.1) is 17.1 Å². The fourth-order valence-corrected chi connectivity index (χ4v) is 6.38. The molecule has 0 radical (unpaired) electrons. The highest BCUT2D eigenvalue weighted by molar-refractivity contribution is 7.89. The first-order valence-corrected chi connectivity index (χ1v) is 14.9. The number of benzene rings is 2. The summed E-state index contributed by atoms with van der Waals surface area (Å²) in [6, 6.07) is 12.0. The van der Waals surface area contributed by atoms with E-state index in [1.165, 1.54) is 25.4 Å². The van der Waals surface area contributed by atoms with E-state index in [9.17, 15) is 18.0 Å². The average molecular weight is 589 g/mol. The van der Waals surface area contributed by atoms with Crippen LogP contribution >= 0.6 is 0 Å². The number of piperidine rings is 1. The van der Waals surface area contributed by atoms with Crippen molar-refractivity contribution in [3.63, 3.8) is 0 Å². The van der Waals surface area contributed by atoms with Crippen LogP contribution in [0.25, 0.3) is 22.3 Å². The van der Waals surface area contributed by atoms with Crippen LogP contribution in [-0.4, -0.2) is 58.0 Å². The van der Waals surface area contributed by atoms with Crippen LogP contribution in [0, 0.1) is 6.92 Å². The third-order valence-electron chi connectivity index (χ3n) is 7.18. The number of hydrogen-bond acceptors (Lipinski definition) is 8. The second kappa shape index (κ2) is 11.7. The Kier molecular flexibility index (Phi) is 8.05. The minimum atomic E-state index is -3.92. The monoisotopic (exact) mass is 588 g/mol. The van der Waals surface area contributed by atoms with Crippen LogP contribution in [0.15, 0.2) is 66.3 Å². The summed E-state index contributed by atoms with van der Waals surface area (Å²) in [5.74, 6) is -0.190. The molecule has 4 aromatic rings. The molecular weight excluding hydrogens is 556 g/mol. The molecule has 1 aliphatic rings. The Balaban J connectivity index is 1.40. The van der Waals surface area contributed by atoms with Gasteiger partial charge in [-0.25, -0.2) is 27.8 Å². The van der Waals surface area contributed by atoms with Gasteiger partial charge in [-0.3, -0.25) is 9.59 Å². The van der Waals surface area contributed by atoms with E-state index in [-0.39, 0.29) is 35.0 Å². The molecule has 1 fully saturated rings. The summed E-state index contributed by atoms with van der Waals surface area (Å²) in [6.07, 6.45) is 4.36. The van der Waals surface area contributed by atoms with Gasteiger partial charge in [-0.1, -0.05) is 36.9 Å². The number of carbonyl (C=O) groups is 2. The van der Waals surface area contributed by atoms with Crippen LogP contribution in [0.4, 0.5) is 11.5 Å². The number of aromatic nitrogens is 4. The smallest absolute Gasteiger partial charge is 0.246 e. The Morgan fingerprint density at radius 3 is 2.64 bits per heavy atom. The van der Waals surface area contributed by atoms with E-state index in [4.69, 9.17) is 10.8 Å². The van der Waals surface area contributed by atoms with Crippen molar-refractivity contribution < 1.29 is 18.0 Å². The lowest BCUT2D eigenvalue weighted by molar-refractivity contribution is -0.127. The fourth-order valence-electron chi connectivity index (χ4n) is 5.12. The molecule has 0 spiro atoms. The molecule has 2 amide bonds. The number of carbonyl (C=O) groups excluding carboxylic acids is 2. The molecule has 42 heavy (non-hydrogen) atoms. The number of fused-ring (bicyclic) bond motifs is 1. The van der Waals surface area contributed by atoms with Crippen molar-refractivity contribution in [2.24, 2.45) is 0 Å². The van der Waals surface area contributed by atoms with Crippen molar-refractivity contribution in [1.29, 1.82) is 0 Å². The molecule has 3 heterocycles. The Labute approximate surface area is 243 Å². The fraction of sp³-hybridized carbons (Fsp3) is 0.276. The van der Waals surface area contributed by atoms with E-state index >= 15 is 0 Å². The van der Waals surface area contributed by atoms with E-state index in [0.717, 1.165) is 29.5 Å². The number of nitrogens with zero attached hydrogens (tertiary/aromatic N) is 5. The summed E-state index contributed by atoms with van der Waals surface area (Å²) >= 11 is 0. The van der Waals surface area contributed by atoms with E-state index in [2.05, 4.69) is 26.6 Å². The third kappa shape index (κ3) is 5.87. The van der Waals surface area contributed by atoms with Gasteiger partial charge in [0, 0.05) is 32.1 Å². The number of aryl methyl sites for hydroxylation is 1. The van der Waals surface area contributed by atoms with E-state index in [1.54, 1.807) is 36.1 Å². The molecular formula is C29H32N8O4S. The molecule has 12 nitrogen and oxygen atoms in total. The lowest BCUT2D eigenvalue weighted by Gasteiger charge is -2.32. The van der Waals surface area contributed by atoms with Gasteiger partial charge in [0.1, 0.15) is 22.7 Å². The van der Waals surface area contributed by atoms with Crippen LogP contribution in [0.3, 0.4) is 0 Å². The maximum absolute atomic E-state index is 13.1. The molecule has 1 atom stereocenters. The molecule has 5 rings (SSSR count). The highest BCUT2D eigenvalue weighted by Gasteiger charge is 2.28. The second-order valence-corrected chi connectivity index (χ2v) is 12.0. The molecule has 2 aromatic heterocycles. The zero-order valence-corrected chi connectivity index (χ0v) is 24.2. The third-order valence-corrected chi connectivity index (χ3v) is 8.62. The Morgan fingerprint density at radius 2 is 1.93 bits per heavy atom. The minimum Gasteiger partial charge on any atom is -0.383 e. The average Bonchev–Trinajstić information content (AvgIpc) is 3.38. The van der Waals surface area contributed by atoms with Gasteiger partial charge >= 0.3 is 0 Å². The van der Waals surface area contributed by atoms with E-state index in [0.29, 0.717) is 35.6 Å². The second-order valence-electron chi connectivity index (χ2n) is 10.2. The molecule has 0 saturated carbocycles. The van der Waals surface area contributed by atoms with E-state index < -0.39 is 10.0 Å². The van der Waals surface area contributed by atoms with Crippen molar-refractivity contribution in [1.82, 2.24) is 29.4 Å². The van der Waals surface area contributed by atoms with Gasteiger partial charge in [0.2, 0.25) is 21.8 Å². The summed E-state index contributed by atoms with van der Waals surface area (Å²) in [6.45, 7) is 7.88. The topological polar surface area (TPSA) is 165 Å². The van der Waals surface area contributed by atoms with Crippen LogP contribution in [0.5, 0.6) is 0 Å². The number of nitrogens with two attached hydrogens (primary N) is 1. The lowest BCUT2D eigenvalue weighted by Crippen LogP contribution is -2.40. The molecule has 2 aromatic carbocycles. The van der Waals surface area contributed by atoms with Gasteiger partial charge in [0.15, 0.2) is 5.65 Å². The van der Waals surface area contributed by atoms with Crippen molar-refractivity contribution in [2.75, 3.05) is 24.1 Å². The number of anilines is 2. The highest BCUT2D eigenvalue weighted by atomic mass is 32.2. The van der Waals surface area contributed by atoms with Crippen LogP contribution in [0.2, 0.25) is 0 Å². The van der Waals surface area contributed by atoms with Crippen molar-refractivity contribution in [3.8, 4) is 11.3 Å². The quantitative estimate of drug-likeness (QED) is 0.264. The van der Waals surface area contributed by atoms with Gasteiger partial charge < -0.3 is 16.0 Å². The van der Waals surface area contributed by atoms with Crippen molar-refractivity contribution in [2.45, 2.75) is 44.2 Å². The summed E-state index contributed by atoms with van der Waals surface area (Å²) in [4.78, 5) is 34.2. The first kappa shape index (κ1) is 28.9. The number of likely N-dealkylation sites (tertiary alicyclic amines) is 1. The number of sulfonamides is 1. The maximum atomic E-state index is 13.1. The molecule has 0 aliphatic carbocycles. The first-order valence-electron chi connectivity index (χ1n) is 13.4. The maximum Gasteiger partial charge on any atom is 0.246 e. The highest BCUT2D eigenvalue weighted by Crippen LogP contribution is 2.34. The van der Waals surface area contributed by atoms with Crippen LogP contribution in [-0.2, 0) is 26.2 Å². The molecule has 13 heteroatoms. The standard InChI is InChI=1S/C29H32N8O4S/c1-4-25(39)36-13-5-6-22(16-36)37-29-26(28(30)31-17-32-29)27(35-37)21-10-8-20(9-11-21)15-33-42(40,41)24-14-18(2)7-12-23(24)34-19(3)38/h4,7-12,14,17,22,33H,1,5-6,13,15-16H2,2-3H3,(H,34,38)(H2,30,31,32). The molecule has 1 aliphatic heterocycles. The molecule has 1 unspecified atom stereocenters. The Morgan fingerprint density at radius 1 is 1.17 bits per heavy atom. The largest absolute Gasteiger partial charge is 0.383 e. The molecule has 4 N–H and O–H groups in total. The predicted octanol–water partition coefficient (Wildman–Crippen LogP) is 3.17. The first-order chi connectivity index (χ1) is 20.1.